The fourth-order valence-corrected chi connectivity index (χ4v) is 2.33. The van der Waals surface area contributed by atoms with Gasteiger partial charge < -0.3 is 4.90 Å². The van der Waals surface area contributed by atoms with Crippen LogP contribution in [0.5, 0.6) is 0 Å². The van der Waals surface area contributed by atoms with Gasteiger partial charge in [-0.15, -0.1) is 0 Å². The lowest BCUT2D eigenvalue weighted by Crippen LogP contribution is -2.37. The van der Waals surface area contributed by atoms with Crippen molar-refractivity contribution in [3.8, 4) is 6.07 Å². The zero-order chi connectivity index (χ0) is 14.5. The molecule has 0 aliphatic rings. The second-order valence-corrected chi connectivity index (χ2v) is 5.03. The van der Waals surface area contributed by atoms with Gasteiger partial charge in [0.05, 0.1) is 12.5 Å². The van der Waals surface area contributed by atoms with Crippen LogP contribution in [-0.4, -0.2) is 23.4 Å². The number of fused-ring (bicyclic) bond motifs is 1. The standard InChI is InChI=1S/C17H18N2O/c1-13(2)19(12-6-11-18)17(20)16-10-5-8-14-7-3-4-9-15(14)16/h3-5,7-10,13H,6,12H2,1-2H3. The average Bonchev–Trinajstić information content (AvgIpc) is 2.46. The maximum Gasteiger partial charge on any atom is 0.254 e. The van der Waals surface area contributed by atoms with Crippen LogP contribution in [-0.2, 0) is 0 Å². The first kappa shape index (κ1) is 14.1. The number of hydrogen-bond acceptors (Lipinski definition) is 2. The third kappa shape index (κ3) is 2.80. The molecular weight excluding hydrogens is 248 g/mol. The van der Waals surface area contributed by atoms with E-state index in [9.17, 15) is 4.79 Å². The molecule has 0 radical (unpaired) electrons. The lowest BCUT2D eigenvalue weighted by atomic mass is 10.0. The first-order valence-corrected chi connectivity index (χ1v) is 6.81. The molecule has 0 heterocycles. The third-order valence-corrected chi connectivity index (χ3v) is 3.37. The van der Waals surface area contributed by atoms with E-state index >= 15 is 0 Å². The minimum absolute atomic E-state index is 0.00736. The van der Waals surface area contributed by atoms with Crippen molar-refractivity contribution in [2.24, 2.45) is 0 Å². The molecule has 0 bridgehead atoms. The van der Waals surface area contributed by atoms with Crippen molar-refractivity contribution < 1.29 is 4.79 Å². The van der Waals surface area contributed by atoms with E-state index in [1.165, 1.54) is 0 Å². The van der Waals surface area contributed by atoms with Crippen molar-refractivity contribution in [1.82, 2.24) is 4.90 Å². The Morgan fingerprint density at radius 2 is 1.90 bits per heavy atom. The predicted molar refractivity (Wildman–Crippen MR) is 80.4 cm³/mol. The zero-order valence-corrected chi connectivity index (χ0v) is 11.8. The Bertz CT molecular complexity index is 650. The molecule has 20 heavy (non-hydrogen) atoms. The quantitative estimate of drug-likeness (QED) is 0.848. The molecule has 0 aliphatic carbocycles. The molecule has 0 aromatic heterocycles. The highest BCUT2D eigenvalue weighted by molar-refractivity contribution is 6.07. The van der Waals surface area contributed by atoms with Gasteiger partial charge in [-0.05, 0) is 30.7 Å². The second-order valence-electron chi connectivity index (χ2n) is 5.03. The van der Waals surface area contributed by atoms with Crippen molar-refractivity contribution in [2.75, 3.05) is 6.54 Å². The van der Waals surface area contributed by atoms with Gasteiger partial charge in [0.2, 0.25) is 0 Å². The normalized spacial score (nSPS) is 10.5. The molecular formula is C17H18N2O. The summed E-state index contributed by atoms with van der Waals surface area (Å²) in [5, 5.41) is 10.8. The minimum Gasteiger partial charge on any atom is -0.335 e. The highest BCUT2D eigenvalue weighted by atomic mass is 16.2. The number of benzene rings is 2. The Morgan fingerprint density at radius 3 is 2.60 bits per heavy atom. The highest BCUT2D eigenvalue weighted by Crippen LogP contribution is 2.21. The molecule has 0 spiro atoms. The Balaban J connectivity index is 2.41. The summed E-state index contributed by atoms with van der Waals surface area (Å²) in [5.74, 6) is -0.00736. The number of carbonyl (C=O) groups excluding carboxylic acids is 1. The van der Waals surface area contributed by atoms with Crippen LogP contribution in [0.2, 0.25) is 0 Å². The largest absolute Gasteiger partial charge is 0.335 e. The first-order valence-electron chi connectivity index (χ1n) is 6.81. The molecule has 3 heteroatoms. The molecule has 0 saturated heterocycles. The number of hydrogen-bond donors (Lipinski definition) is 0. The van der Waals surface area contributed by atoms with E-state index in [0.717, 1.165) is 10.8 Å². The van der Waals surface area contributed by atoms with Crippen LogP contribution in [0.25, 0.3) is 10.8 Å². The number of carbonyl (C=O) groups is 1. The smallest absolute Gasteiger partial charge is 0.254 e. The van der Waals surface area contributed by atoms with Crippen LogP contribution in [0.1, 0.15) is 30.6 Å². The molecule has 0 unspecified atom stereocenters. The van der Waals surface area contributed by atoms with Gasteiger partial charge in [-0.25, -0.2) is 0 Å². The summed E-state index contributed by atoms with van der Waals surface area (Å²) in [5.41, 5.74) is 0.703. The molecule has 0 atom stereocenters. The number of rotatable bonds is 4. The van der Waals surface area contributed by atoms with Gasteiger partial charge in [-0.1, -0.05) is 36.4 Å². The van der Waals surface area contributed by atoms with Crippen LogP contribution in [0.4, 0.5) is 0 Å². The lowest BCUT2D eigenvalue weighted by Gasteiger charge is -2.26. The minimum atomic E-state index is -0.00736. The van der Waals surface area contributed by atoms with E-state index < -0.39 is 0 Å². The van der Waals surface area contributed by atoms with Crippen molar-refractivity contribution in [3.05, 3.63) is 48.0 Å². The van der Waals surface area contributed by atoms with E-state index in [-0.39, 0.29) is 11.9 Å². The van der Waals surface area contributed by atoms with Crippen LogP contribution >= 0.6 is 0 Å². The monoisotopic (exact) mass is 266 g/mol. The average molecular weight is 266 g/mol. The second kappa shape index (κ2) is 6.21. The molecule has 0 saturated carbocycles. The molecule has 1 amide bonds. The third-order valence-electron chi connectivity index (χ3n) is 3.37. The molecule has 2 aromatic carbocycles. The predicted octanol–water partition coefficient (Wildman–Crippen LogP) is 3.60. The molecule has 2 rings (SSSR count). The maximum atomic E-state index is 12.7. The van der Waals surface area contributed by atoms with Crippen LogP contribution < -0.4 is 0 Å². The van der Waals surface area contributed by atoms with Crippen molar-refractivity contribution in [3.63, 3.8) is 0 Å². The van der Waals surface area contributed by atoms with Gasteiger partial charge in [-0.2, -0.15) is 5.26 Å². The lowest BCUT2D eigenvalue weighted by molar-refractivity contribution is 0.0712. The first-order chi connectivity index (χ1) is 9.65. The topological polar surface area (TPSA) is 44.1 Å². The summed E-state index contributed by atoms with van der Waals surface area (Å²) >= 11 is 0. The number of nitrogens with zero attached hydrogens (tertiary/aromatic N) is 2. The Kier molecular flexibility index (Phi) is 4.37. The van der Waals surface area contributed by atoms with Crippen LogP contribution in [0.15, 0.2) is 42.5 Å². The molecule has 2 aromatic rings. The molecule has 3 nitrogen and oxygen atoms in total. The summed E-state index contributed by atoms with van der Waals surface area (Å²) < 4.78 is 0. The Hall–Kier alpha value is -2.34. The molecule has 0 fully saturated rings. The van der Waals surface area contributed by atoms with Gasteiger partial charge in [0, 0.05) is 18.2 Å². The van der Waals surface area contributed by atoms with Gasteiger partial charge in [0.15, 0.2) is 0 Å². The zero-order valence-electron chi connectivity index (χ0n) is 11.8. The van der Waals surface area contributed by atoms with E-state index in [4.69, 9.17) is 5.26 Å². The van der Waals surface area contributed by atoms with E-state index in [2.05, 4.69) is 6.07 Å². The molecule has 0 N–H and O–H groups in total. The summed E-state index contributed by atoms with van der Waals surface area (Å²) in [6, 6.07) is 15.8. The fourth-order valence-electron chi connectivity index (χ4n) is 2.33. The van der Waals surface area contributed by atoms with Gasteiger partial charge >= 0.3 is 0 Å². The highest BCUT2D eigenvalue weighted by Gasteiger charge is 2.19. The fraction of sp³-hybridized carbons (Fsp3) is 0.294. The SMILES string of the molecule is CC(C)N(CCC#N)C(=O)c1cccc2ccccc12. The van der Waals surface area contributed by atoms with E-state index in [1.54, 1.807) is 4.90 Å². The van der Waals surface area contributed by atoms with Crippen LogP contribution in [0, 0.1) is 11.3 Å². The molecule has 102 valence electrons. The number of nitriles is 1. The van der Waals surface area contributed by atoms with Crippen molar-refractivity contribution >= 4 is 16.7 Å². The Labute approximate surface area is 119 Å². The van der Waals surface area contributed by atoms with Crippen molar-refractivity contribution in [1.29, 1.82) is 5.26 Å². The molecule has 0 aliphatic heterocycles. The summed E-state index contributed by atoms with van der Waals surface area (Å²) in [4.78, 5) is 14.5. The number of amides is 1. The van der Waals surface area contributed by atoms with Gasteiger partial charge in [0.1, 0.15) is 0 Å². The van der Waals surface area contributed by atoms with Crippen molar-refractivity contribution in [2.45, 2.75) is 26.3 Å². The van der Waals surface area contributed by atoms with E-state index in [1.807, 2.05) is 56.3 Å². The van der Waals surface area contributed by atoms with E-state index in [0.29, 0.717) is 18.5 Å². The summed E-state index contributed by atoms with van der Waals surface area (Å²) in [6.45, 7) is 4.41. The van der Waals surface area contributed by atoms with Gasteiger partial charge in [0.25, 0.3) is 5.91 Å². The summed E-state index contributed by atoms with van der Waals surface area (Å²) in [7, 11) is 0. The summed E-state index contributed by atoms with van der Waals surface area (Å²) in [6.07, 6.45) is 0.356. The van der Waals surface area contributed by atoms with Gasteiger partial charge in [-0.3, -0.25) is 4.79 Å². The Morgan fingerprint density at radius 1 is 1.20 bits per heavy atom. The van der Waals surface area contributed by atoms with Crippen LogP contribution in [0.3, 0.4) is 0 Å². The maximum absolute atomic E-state index is 12.7.